The molecule has 0 spiro atoms. The van der Waals surface area contributed by atoms with Crippen LogP contribution in [0.15, 0.2) is 24.3 Å². The number of nitrogens with zero attached hydrogens (tertiary/aromatic N) is 1. The van der Waals surface area contributed by atoms with Gasteiger partial charge in [-0.25, -0.2) is 0 Å². The average molecular weight is 245 g/mol. The monoisotopic (exact) mass is 245 g/mol. The normalized spacial score (nSPS) is 19.7. The number of piperidine rings is 1. The van der Waals surface area contributed by atoms with Crippen LogP contribution in [-0.2, 0) is 4.79 Å². The summed E-state index contributed by atoms with van der Waals surface area (Å²) >= 11 is 0. The maximum absolute atomic E-state index is 10.5. The fourth-order valence-electron chi connectivity index (χ4n) is 2.72. The summed E-state index contributed by atoms with van der Waals surface area (Å²) in [5.41, 5.74) is 2.74. The molecule has 0 aromatic heterocycles. The molecule has 1 aromatic carbocycles. The van der Waals surface area contributed by atoms with Gasteiger partial charge in [0.25, 0.3) is 0 Å². The van der Waals surface area contributed by atoms with Gasteiger partial charge in [0.05, 0.1) is 0 Å². The second kappa shape index (κ2) is 6.14. The van der Waals surface area contributed by atoms with Crippen LogP contribution < -0.4 is 0 Å². The lowest BCUT2D eigenvalue weighted by atomic mass is 9.88. The van der Waals surface area contributed by atoms with Gasteiger partial charge < -0.3 is 9.69 Å². The zero-order valence-corrected chi connectivity index (χ0v) is 11.4. The zero-order valence-electron chi connectivity index (χ0n) is 11.4. The number of hydrogen-bond acceptors (Lipinski definition) is 2. The van der Waals surface area contributed by atoms with Crippen LogP contribution in [0.2, 0.25) is 0 Å². The highest BCUT2D eigenvalue weighted by atomic mass is 16.1. The fraction of sp³-hybridized carbons (Fsp3) is 0.562. The van der Waals surface area contributed by atoms with E-state index < -0.39 is 0 Å². The number of aldehydes is 1. The van der Waals surface area contributed by atoms with Gasteiger partial charge in [-0.15, -0.1) is 0 Å². The van der Waals surface area contributed by atoms with E-state index >= 15 is 0 Å². The van der Waals surface area contributed by atoms with Crippen LogP contribution in [0.3, 0.4) is 0 Å². The highest BCUT2D eigenvalue weighted by Gasteiger charge is 2.18. The first-order valence-electron chi connectivity index (χ1n) is 6.92. The minimum absolute atomic E-state index is 0.342. The van der Waals surface area contributed by atoms with Gasteiger partial charge in [-0.2, -0.15) is 0 Å². The molecule has 1 aliphatic heterocycles. The van der Waals surface area contributed by atoms with E-state index in [1.54, 1.807) is 0 Å². The molecule has 1 saturated heterocycles. The van der Waals surface area contributed by atoms with Crippen molar-refractivity contribution in [1.29, 1.82) is 0 Å². The molecule has 2 nitrogen and oxygen atoms in total. The van der Waals surface area contributed by atoms with E-state index in [2.05, 4.69) is 43.1 Å². The Bertz CT molecular complexity index is 377. The fourth-order valence-corrected chi connectivity index (χ4v) is 2.72. The van der Waals surface area contributed by atoms with Crippen molar-refractivity contribution in [2.75, 3.05) is 20.1 Å². The van der Waals surface area contributed by atoms with E-state index in [9.17, 15) is 4.79 Å². The quantitative estimate of drug-likeness (QED) is 0.759. The van der Waals surface area contributed by atoms with Gasteiger partial charge in [0.2, 0.25) is 0 Å². The third kappa shape index (κ3) is 3.20. The topological polar surface area (TPSA) is 20.3 Å². The van der Waals surface area contributed by atoms with Crippen LogP contribution in [-0.4, -0.2) is 31.3 Å². The molecule has 0 bridgehead atoms. The summed E-state index contributed by atoms with van der Waals surface area (Å²) in [7, 11) is 2.19. The van der Waals surface area contributed by atoms with Gasteiger partial charge in [0, 0.05) is 6.42 Å². The first-order chi connectivity index (χ1) is 8.70. The molecule has 1 fully saturated rings. The third-order valence-electron chi connectivity index (χ3n) is 4.15. The average Bonchev–Trinajstić information content (AvgIpc) is 2.40. The van der Waals surface area contributed by atoms with Crippen molar-refractivity contribution in [3.63, 3.8) is 0 Å². The van der Waals surface area contributed by atoms with Crippen LogP contribution in [0.1, 0.15) is 49.1 Å². The summed E-state index contributed by atoms with van der Waals surface area (Å²) in [6.45, 7) is 4.51. The van der Waals surface area contributed by atoms with E-state index in [0.717, 1.165) is 12.2 Å². The van der Waals surface area contributed by atoms with E-state index in [1.807, 2.05) is 0 Å². The molecule has 1 aromatic rings. The van der Waals surface area contributed by atoms with Crippen molar-refractivity contribution < 1.29 is 4.79 Å². The van der Waals surface area contributed by atoms with Crippen LogP contribution >= 0.6 is 0 Å². The second-order valence-corrected chi connectivity index (χ2v) is 5.55. The van der Waals surface area contributed by atoms with Crippen LogP contribution in [0.4, 0.5) is 0 Å². The van der Waals surface area contributed by atoms with Gasteiger partial charge in [0.15, 0.2) is 0 Å². The molecular weight excluding hydrogens is 222 g/mol. The Kier molecular flexibility index (Phi) is 4.54. The maximum Gasteiger partial charge on any atom is 0.120 e. The predicted molar refractivity (Wildman–Crippen MR) is 75.0 cm³/mol. The van der Waals surface area contributed by atoms with Crippen molar-refractivity contribution >= 4 is 6.29 Å². The number of carbonyl (C=O) groups excluding carboxylic acids is 1. The first-order valence-corrected chi connectivity index (χ1v) is 6.92. The van der Waals surface area contributed by atoms with Crippen molar-refractivity contribution in [2.45, 2.75) is 38.0 Å². The smallest absolute Gasteiger partial charge is 0.120 e. The lowest BCUT2D eigenvalue weighted by molar-refractivity contribution is -0.108. The van der Waals surface area contributed by atoms with Crippen LogP contribution in [0.5, 0.6) is 0 Å². The van der Waals surface area contributed by atoms with Gasteiger partial charge in [-0.1, -0.05) is 31.2 Å². The Balaban J connectivity index is 2.01. The SMILES string of the molecule is CC(CC=O)c1ccc(C2CCN(C)CC2)cc1. The van der Waals surface area contributed by atoms with Crippen molar-refractivity contribution in [3.05, 3.63) is 35.4 Å². The molecule has 2 heteroatoms. The van der Waals surface area contributed by atoms with E-state index in [4.69, 9.17) is 0 Å². The molecule has 0 aliphatic carbocycles. The summed E-state index contributed by atoms with van der Waals surface area (Å²) in [6, 6.07) is 8.91. The molecular formula is C16H23NO. The molecule has 18 heavy (non-hydrogen) atoms. The lowest BCUT2D eigenvalue weighted by Crippen LogP contribution is -2.29. The number of rotatable bonds is 4. The van der Waals surface area contributed by atoms with E-state index in [1.165, 1.54) is 37.1 Å². The number of benzene rings is 1. The van der Waals surface area contributed by atoms with Gasteiger partial charge >= 0.3 is 0 Å². The Hall–Kier alpha value is -1.15. The molecule has 1 unspecified atom stereocenters. The lowest BCUT2D eigenvalue weighted by Gasteiger charge is -2.29. The Morgan fingerprint density at radius 1 is 1.28 bits per heavy atom. The van der Waals surface area contributed by atoms with Gasteiger partial charge in [-0.05, 0) is 55.9 Å². The zero-order chi connectivity index (χ0) is 13.0. The van der Waals surface area contributed by atoms with Crippen molar-refractivity contribution in [1.82, 2.24) is 4.90 Å². The molecule has 1 heterocycles. The number of likely N-dealkylation sites (tertiary alicyclic amines) is 1. The summed E-state index contributed by atoms with van der Waals surface area (Å²) in [4.78, 5) is 12.9. The Morgan fingerprint density at radius 3 is 2.44 bits per heavy atom. The van der Waals surface area contributed by atoms with E-state index in [-0.39, 0.29) is 0 Å². The summed E-state index contributed by atoms with van der Waals surface area (Å²) < 4.78 is 0. The number of hydrogen-bond donors (Lipinski definition) is 0. The van der Waals surface area contributed by atoms with Gasteiger partial charge in [-0.3, -0.25) is 0 Å². The Morgan fingerprint density at radius 2 is 1.89 bits per heavy atom. The second-order valence-electron chi connectivity index (χ2n) is 5.55. The predicted octanol–water partition coefficient (Wildman–Crippen LogP) is 3.19. The molecule has 1 aliphatic rings. The first kappa shape index (κ1) is 13.3. The van der Waals surface area contributed by atoms with Crippen molar-refractivity contribution in [2.24, 2.45) is 0 Å². The standard InChI is InChI=1S/C16H23NO/c1-13(9-12-18)14-3-5-15(6-4-14)16-7-10-17(2)11-8-16/h3-6,12-13,16H,7-11H2,1-2H3. The van der Waals surface area contributed by atoms with Crippen LogP contribution in [0, 0.1) is 0 Å². The summed E-state index contributed by atoms with van der Waals surface area (Å²) in [5, 5.41) is 0. The molecule has 0 radical (unpaired) electrons. The highest BCUT2D eigenvalue weighted by Crippen LogP contribution is 2.28. The van der Waals surface area contributed by atoms with Crippen LogP contribution in [0.25, 0.3) is 0 Å². The largest absolute Gasteiger partial charge is 0.306 e. The molecule has 0 amide bonds. The highest BCUT2D eigenvalue weighted by molar-refractivity contribution is 5.51. The summed E-state index contributed by atoms with van der Waals surface area (Å²) in [6.07, 6.45) is 4.16. The Labute approximate surface area is 110 Å². The maximum atomic E-state index is 10.5. The summed E-state index contributed by atoms with van der Waals surface area (Å²) in [5.74, 6) is 1.06. The number of carbonyl (C=O) groups is 1. The van der Waals surface area contributed by atoms with Crippen molar-refractivity contribution in [3.8, 4) is 0 Å². The van der Waals surface area contributed by atoms with E-state index in [0.29, 0.717) is 12.3 Å². The molecule has 0 N–H and O–H groups in total. The molecule has 98 valence electrons. The molecule has 1 atom stereocenters. The third-order valence-corrected chi connectivity index (χ3v) is 4.15. The molecule has 0 saturated carbocycles. The minimum atomic E-state index is 0.342. The van der Waals surface area contributed by atoms with Gasteiger partial charge in [0.1, 0.15) is 6.29 Å². The molecule has 2 rings (SSSR count). The minimum Gasteiger partial charge on any atom is -0.306 e.